The summed E-state index contributed by atoms with van der Waals surface area (Å²) in [5, 5.41) is 4.07. The average Bonchev–Trinajstić information content (AvgIpc) is 2.91. The number of nitrogens with one attached hydrogen (secondary N) is 2. The lowest BCUT2D eigenvalue weighted by molar-refractivity contribution is 0.199. The predicted octanol–water partition coefficient (Wildman–Crippen LogP) is 2.37. The van der Waals surface area contributed by atoms with E-state index in [1.54, 1.807) is 7.11 Å². The van der Waals surface area contributed by atoms with E-state index in [9.17, 15) is 0 Å². The molecule has 5 heteroatoms. The third-order valence-electron chi connectivity index (χ3n) is 3.29. The third kappa shape index (κ3) is 2.52. The molecule has 0 radical (unpaired) electrons. The molecule has 4 nitrogen and oxygen atoms in total. The molecule has 0 saturated heterocycles. The predicted molar refractivity (Wildman–Crippen MR) is 75.4 cm³/mol. The molecule has 1 aromatic carbocycles. The number of nitrogens with zero attached hydrogens (tertiary/aromatic N) is 1. The molecular formula is C14H16ClN3O. The van der Waals surface area contributed by atoms with Gasteiger partial charge < -0.3 is 15.0 Å². The number of ether oxygens (including phenoxy) is 1. The van der Waals surface area contributed by atoms with Gasteiger partial charge in [0.25, 0.3) is 0 Å². The van der Waals surface area contributed by atoms with Crippen molar-refractivity contribution >= 4 is 11.6 Å². The van der Waals surface area contributed by atoms with Crippen molar-refractivity contribution in [2.24, 2.45) is 0 Å². The minimum atomic E-state index is 0.710. The smallest absolute Gasteiger partial charge is 0.121 e. The maximum atomic E-state index is 6.01. The molecule has 0 aliphatic heterocycles. The normalized spacial score (nSPS) is 12.5. The van der Waals surface area contributed by atoms with Crippen molar-refractivity contribution in [1.82, 2.24) is 15.3 Å². The van der Waals surface area contributed by atoms with E-state index in [1.165, 1.54) is 16.8 Å². The van der Waals surface area contributed by atoms with E-state index in [-0.39, 0.29) is 0 Å². The fraction of sp³-hybridized carbons (Fsp3) is 0.357. The van der Waals surface area contributed by atoms with Gasteiger partial charge in [-0.3, -0.25) is 0 Å². The van der Waals surface area contributed by atoms with Crippen LogP contribution in [0.1, 0.15) is 17.1 Å². The first-order valence-electron chi connectivity index (χ1n) is 6.34. The number of benzene rings is 1. The molecule has 0 amide bonds. The Morgan fingerprint density at radius 1 is 1.47 bits per heavy atom. The van der Waals surface area contributed by atoms with Gasteiger partial charge in [-0.1, -0.05) is 17.7 Å². The molecule has 0 fully saturated rings. The van der Waals surface area contributed by atoms with Crippen molar-refractivity contribution in [2.75, 3.05) is 20.3 Å². The van der Waals surface area contributed by atoms with Crippen molar-refractivity contribution in [3.05, 3.63) is 40.3 Å². The zero-order valence-electron chi connectivity index (χ0n) is 10.8. The molecule has 0 saturated carbocycles. The van der Waals surface area contributed by atoms with Crippen LogP contribution < -0.4 is 5.32 Å². The molecule has 3 rings (SSSR count). The summed E-state index contributed by atoms with van der Waals surface area (Å²) in [6, 6.07) is 5.98. The highest BCUT2D eigenvalue weighted by Crippen LogP contribution is 2.36. The van der Waals surface area contributed by atoms with Gasteiger partial charge in [0.1, 0.15) is 5.82 Å². The zero-order chi connectivity index (χ0) is 13.2. The second-order valence-electron chi connectivity index (χ2n) is 4.66. The first-order chi connectivity index (χ1) is 9.28. The molecule has 0 unspecified atom stereocenters. The van der Waals surface area contributed by atoms with Crippen LogP contribution in [-0.2, 0) is 17.7 Å². The third-order valence-corrected chi connectivity index (χ3v) is 3.53. The van der Waals surface area contributed by atoms with Crippen LogP contribution in [0, 0.1) is 0 Å². The molecule has 1 aliphatic rings. The van der Waals surface area contributed by atoms with Crippen molar-refractivity contribution < 1.29 is 4.74 Å². The molecule has 1 aliphatic carbocycles. The number of aromatic nitrogens is 2. The second-order valence-corrected chi connectivity index (χ2v) is 5.09. The monoisotopic (exact) mass is 277 g/mol. The molecule has 2 N–H and O–H groups in total. The number of methoxy groups -OCH3 is 1. The second kappa shape index (κ2) is 5.33. The Bertz CT molecular complexity index is 594. The standard InChI is InChI=1S/C14H16ClN3O/c1-19-5-4-16-8-13-17-12-7-9-6-10(15)2-3-11(9)14(12)18-13/h2-3,6,16H,4-5,7-8H2,1H3,(H,17,18). The summed E-state index contributed by atoms with van der Waals surface area (Å²) in [4.78, 5) is 8.04. The molecule has 100 valence electrons. The van der Waals surface area contributed by atoms with Gasteiger partial charge in [-0.15, -0.1) is 0 Å². The molecule has 0 atom stereocenters. The summed E-state index contributed by atoms with van der Waals surface area (Å²) in [5.41, 5.74) is 4.69. The zero-order valence-corrected chi connectivity index (χ0v) is 11.5. The first kappa shape index (κ1) is 12.7. The highest BCUT2D eigenvalue weighted by Gasteiger charge is 2.22. The lowest BCUT2D eigenvalue weighted by Gasteiger charge is -2.02. The van der Waals surface area contributed by atoms with Crippen LogP contribution >= 0.6 is 11.6 Å². The minimum absolute atomic E-state index is 0.710. The van der Waals surface area contributed by atoms with Gasteiger partial charge in [0.15, 0.2) is 0 Å². The Hall–Kier alpha value is -1.36. The fourth-order valence-electron chi connectivity index (χ4n) is 2.41. The van der Waals surface area contributed by atoms with E-state index in [0.717, 1.165) is 36.1 Å². The van der Waals surface area contributed by atoms with E-state index >= 15 is 0 Å². The Balaban J connectivity index is 1.74. The number of aromatic amines is 1. The topological polar surface area (TPSA) is 49.9 Å². The number of fused-ring (bicyclic) bond motifs is 3. The van der Waals surface area contributed by atoms with Gasteiger partial charge in [-0.2, -0.15) is 0 Å². The van der Waals surface area contributed by atoms with E-state index in [2.05, 4.69) is 15.3 Å². The summed E-state index contributed by atoms with van der Waals surface area (Å²) < 4.78 is 4.99. The maximum Gasteiger partial charge on any atom is 0.121 e. The summed E-state index contributed by atoms with van der Waals surface area (Å²) in [7, 11) is 1.70. The summed E-state index contributed by atoms with van der Waals surface area (Å²) >= 11 is 6.01. The Morgan fingerprint density at radius 3 is 3.21 bits per heavy atom. The average molecular weight is 278 g/mol. The van der Waals surface area contributed by atoms with Gasteiger partial charge in [0.2, 0.25) is 0 Å². The van der Waals surface area contributed by atoms with Crippen molar-refractivity contribution in [3.8, 4) is 11.3 Å². The summed E-state index contributed by atoms with van der Waals surface area (Å²) in [5.74, 6) is 0.974. The molecule has 0 bridgehead atoms. The van der Waals surface area contributed by atoms with Crippen LogP contribution in [0.25, 0.3) is 11.3 Å². The van der Waals surface area contributed by atoms with Gasteiger partial charge in [0, 0.05) is 36.4 Å². The van der Waals surface area contributed by atoms with Gasteiger partial charge in [-0.25, -0.2) is 4.98 Å². The van der Waals surface area contributed by atoms with Gasteiger partial charge in [-0.05, 0) is 17.7 Å². The van der Waals surface area contributed by atoms with E-state index in [4.69, 9.17) is 16.3 Å². The van der Waals surface area contributed by atoms with Crippen LogP contribution in [-0.4, -0.2) is 30.2 Å². The lowest BCUT2D eigenvalue weighted by atomic mass is 10.1. The molecular weight excluding hydrogens is 262 g/mol. The first-order valence-corrected chi connectivity index (χ1v) is 6.72. The van der Waals surface area contributed by atoms with Crippen LogP contribution in [0.2, 0.25) is 5.02 Å². The van der Waals surface area contributed by atoms with Crippen LogP contribution in [0.5, 0.6) is 0 Å². The number of hydrogen-bond donors (Lipinski definition) is 2. The van der Waals surface area contributed by atoms with E-state index in [0.29, 0.717) is 6.61 Å². The van der Waals surface area contributed by atoms with Gasteiger partial charge in [0.05, 0.1) is 18.8 Å². The highest BCUT2D eigenvalue weighted by atomic mass is 35.5. The Morgan fingerprint density at radius 2 is 2.37 bits per heavy atom. The van der Waals surface area contributed by atoms with Crippen LogP contribution in [0.3, 0.4) is 0 Å². The number of imidazole rings is 1. The van der Waals surface area contributed by atoms with Gasteiger partial charge >= 0.3 is 0 Å². The van der Waals surface area contributed by atoms with Crippen LogP contribution in [0.15, 0.2) is 18.2 Å². The fourth-order valence-corrected chi connectivity index (χ4v) is 2.60. The van der Waals surface area contributed by atoms with Crippen LogP contribution in [0.4, 0.5) is 0 Å². The number of hydrogen-bond acceptors (Lipinski definition) is 3. The lowest BCUT2D eigenvalue weighted by Crippen LogP contribution is -2.19. The molecule has 1 aromatic heterocycles. The largest absolute Gasteiger partial charge is 0.383 e. The molecule has 1 heterocycles. The highest BCUT2D eigenvalue weighted by molar-refractivity contribution is 6.30. The molecule has 2 aromatic rings. The van der Waals surface area contributed by atoms with Crippen molar-refractivity contribution in [1.29, 1.82) is 0 Å². The molecule has 19 heavy (non-hydrogen) atoms. The number of H-pyrrole nitrogens is 1. The Labute approximate surface area is 117 Å². The van der Waals surface area contributed by atoms with E-state index < -0.39 is 0 Å². The van der Waals surface area contributed by atoms with Crippen molar-refractivity contribution in [2.45, 2.75) is 13.0 Å². The SMILES string of the molecule is COCCNCc1nc2c([nH]1)Cc1cc(Cl)ccc1-2. The minimum Gasteiger partial charge on any atom is -0.383 e. The number of halogens is 1. The molecule has 0 spiro atoms. The summed E-state index contributed by atoms with van der Waals surface area (Å²) in [6.07, 6.45) is 0.885. The summed E-state index contributed by atoms with van der Waals surface area (Å²) in [6.45, 7) is 2.27. The quantitative estimate of drug-likeness (QED) is 0.704. The van der Waals surface area contributed by atoms with E-state index in [1.807, 2.05) is 18.2 Å². The van der Waals surface area contributed by atoms with Crippen molar-refractivity contribution in [3.63, 3.8) is 0 Å². The maximum absolute atomic E-state index is 6.01. The number of rotatable bonds is 5. The Kier molecular flexibility index (Phi) is 3.55.